The van der Waals surface area contributed by atoms with Gasteiger partial charge in [-0.05, 0) is 38.0 Å². The second-order valence-corrected chi connectivity index (χ2v) is 12.8. The molecule has 1 spiro atoms. The molecule has 4 aliphatic rings. The predicted molar refractivity (Wildman–Crippen MR) is 156 cm³/mol. The SMILES string of the molecule is CO[C@H]1CC2C=C[C@]3(C)[C@H]4[C@H](O)[C@@H](C)[C@@H](OC(=O)c5ccc[nH]5)[C@@H]3O[C@@]24/C(C)=C/[C@@H](C)[C@@H]([C@@H](C)OC(=O)NCCO)OC1=O. The van der Waals surface area contributed by atoms with Crippen LogP contribution in [-0.2, 0) is 28.5 Å². The van der Waals surface area contributed by atoms with Crippen LogP contribution in [0.2, 0.25) is 0 Å². The predicted octanol–water partition coefficient (Wildman–Crippen LogP) is 2.52. The molecule has 2 aliphatic heterocycles. The number of H-pyrrole nitrogens is 1. The van der Waals surface area contributed by atoms with Crippen LogP contribution >= 0.6 is 0 Å². The van der Waals surface area contributed by atoms with Crippen LogP contribution in [0.25, 0.3) is 0 Å². The summed E-state index contributed by atoms with van der Waals surface area (Å²) in [6.45, 7) is 9.12. The number of carbonyl (C=O) groups excluding carboxylic acids is 3. The number of aliphatic hydroxyl groups excluding tert-OH is 2. The van der Waals surface area contributed by atoms with Gasteiger partial charge < -0.3 is 44.2 Å². The average Bonchev–Trinajstić information content (AvgIpc) is 3.57. The molecule has 4 N–H and O–H groups in total. The molecule has 12 heteroatoms. The van der Waals surface area contributed by atoms with Gasteiger partial charge in [0.25, 0.3) is 0 Å². The van der Waals surface area contributed by atoms with E-state index in [4.69, 9.17) is 28.8 Å². The fourth-order valence-electron chi connectivity index (χ4n) is 7.96. The van der Waals surface area contributed by atoms with Gasteiger partial charge in [0, 0.05) is 48.9 Å². The van der Waals surface area contributed by atoms with Crippen molar-refractivity contribution in [2.45, 2.75) is 83.3 Å². The van der Waals surface area contributed by atoms with E-state index in [9.17, 15) is 19.5 Å². The van der Waals surface area contributed by atoms with Crippen LogP contribution in [0.1, 0.15) is 51.5 Å². The highest BCUT2D eigenvalue weighted by atomic mass is 16.6. The molecule has 1 saturated heterocycles. The molecule has 242 valence electrons. The molecule has 1 amide bonds. The van der Waals surface area contributed by atoms with E-state index in [1.807, 2.05) is 45.9 Å². The van der Waals surface area contributed by atoms with Crippen molar-refractivity contribution in [1.82, 2.24) is 10.3 Å². The summed E-state index contributed by atoms with van der Waals surface area (Å²) in [5, 5.41) is 23.5. The normalized spacial score (nSPS) is 41.4. The second kappa shape index (κ2) is 12.3. The Morgan fingerprint density at radius 3 is 2.70 bits per heavy atom. The van der Waals surface area contributed by atoms with Crippen LogP contribution < -0.4 is 5.32 Å². The number of rotatable bonds is 7. The average molecular weight is 617 g/mol. The van der Waals surface area contributed by atoms with E-state index in [1.165, 1.54) is 7.11 Å². The molecule has 2 fully saturated rings. The molecule has 1 saturated carbocycles. The molecular weight excluding hydrogens is 572 g/mol. The summed E-state index contributed by atoms with van der Waals surface area (Å²) in [5.41, 5.74) is -0.597. The van der Waals surface area contributed by atoms with Crippen molar-refractivity contribution < 1.29 is 48.3 Å². The second-order valence-electron chi connectivity index (χ2n) is 12.8. The van der Waals surface area contributed by atoms with Crippen LogP contribution in [0.3, 0.4) is 0 Å². The monoisotopic (exact) mass is 616 g/mol. The van der Waals surface area contributed by atoms with Crippen molar-refractivity contribution in [3.63, 3.8) is 0 Å². The molecule has 4 bridgehead atoms. The van der Waals surface area contributed by atoms with Crippen LogP contribution in [0, 0.1) is 29.1 Å². The summed E-state index contributed by atoms with van der Waals surface area (Å²) >= 11 is 0. The number of hydrogen-bond acceptors (Lipinski definition) is 10. The highest BCUT2D eigenvalue weighted by molar-refractivity contribution is 5.87. The topological polar surface area (TPSA) is 166 Å². The van der Waals surface area contributed by atoms with Gasteiger partial charge in [-0.1, -0.05) is 39.0 Å². The van der Waals surface area contributed by atoms with Crippen molar-refractivity contribution in [1.29, 1.82) is 0 Å². The van der Waals surface area contributed by atoms with Crippen LogP contribution in [0.5, 0.6) is 0 Å². The lowest BCUT2D eigenvalue weighted by Crippen LogP contribution is -2.61. The largest absolute Gasteiger partial charge is 0.456 e. The molecule has 44 heavy (non-hydrogen) atoms. The summed E-state index contributed by atoms with van der Waals surface area (Å²) in [4.78, 5) is 41.8. The van der Waals surface area contributed by atoms with Crippen molar-refractivity contribution >= 4 is 18.0 Å². The molecule has 1 unspecified atom stereocenters. The molecule has 0 aromatic carbocycles. The van der Waals surface area contributed by atoms with E-state index in [-0.39, 0.29) is 25.5 Å². The first-order valence-electron chi connectivity index (χ1n) is 15.3. The lowest BCUT2D eigenvalue weighted by atomic mass is 9.51. The van der Waals surface area contributed by atoms with Crippen LogP contribution in [0.15, 0.2) is 42.1 Å². The van der Waals surface area contributed by atoms with Gasteiger partial charge in [-0.15, -0.1) is 0 Å². The van der Waals surface area contributed by atoms with E-state index in [2.05, 4.69) is 10.3 Å². The standard InChI is InChI=1S/C32H44N2O10/c1-16-14-17(2)32-20(15-22(40-6)29(38)42-24(16)19(4)41-30(39)34-12-13-35)9-10-31(5)26(32)23(36)18(3)25(27(31)44-32)43-28(37)21-8-7-11-33-21/h7-11,14,16,18-20,22-27,33,35-36H,12-13,15H2,1-6H3,(H,34,39)/b17-14+/t16-,18-,19-,20?,22+,23-,24+,25-,26-,27+,31-,32+/m1/s1. The first-order chi connectivity index (χ1) is 20.9. The fourth-order valence-corrected chi connectivity index (χ4v) is 7.96. The Hall–Kier alpha value is -3.19. The number of amides is 1. The summed E-state index contributed by atoms with van der Waals surface area (Å²) < 4.78 is 30.2. The molecule has 12 atom stereocenters. The minimum atomic E-state index is -1.05. The Bertz CT molecular complexity index is 1300. The first-order valence-corrected chi connectivity index (χ1v) is 15.3. The number of aliphatic hydroxyl groups is 2. The quantitative estimate of drug-likeness (QED) is 0.203. The van der Waals surface area contributed by atoms with Crippen molar-refractivity contribution in [2.24, 2.45) is 29.1 Å². The molecule has 2 aliphatic carbocycles. The van der Waals surface area contributed by atoms with Gasteiger partial charge in [-0.25, -0.2) is 14.4 Å². The minimum absolute atomic E-state index is 0.0223. The Balaban J connectivity index is 1.54. The fraction of sp³-hybridized carbons (Fsp3) is 0.656. The van der Waals surface area contributed by atoms with Crippen LogP contribution in [-0.4, -0.2) is 95.7 Å². The number of ether oxygens (including phenoxy) is 5. The molecule has 0 radical (unpaired) electrons. The van der Waals surface area contributed by atoms with Gasteiger partial charge in [-0.3, -0.25) is 0 Å². The summed E-state index contributed by atoms with van der Waals surface area (Å²) in [7, 11) is 1.44. The molecule has 1 aromatic rings. The third-order valence-electron chi connectivity index (χ3n) is 10.1. The van der Waals surface area contributed by atoms with Gasteiger partial charge in [0.1, 0.15) is 35.7 Å². The molecule has 1 aromatic heterocycles. The third-order valence-corrected chi connectivity index (χ3v) is 10.1. The maximum atomic E-state index is 13.5. The lowest BCUT2D eigenvalue weighted by Gasteiger charge is -2.53. The Morgan fingerprint density at radius 1 is 1.30 bits per heavy atom. The molecule has 5 rings (SSSR count). The van der Waals surface area contributed by atoms with Gasteiger partial charge in [0.15, 0.2) is 6.10 Å². The Kier molecular flexibility index (Phi) is 9.01. The number of aromatic amines is 1. The van der Waals surface area contributed by atoms with Crippen molar-refractivity contribution in [3.05, 3.63) is 47.8 Å². The van der Waals surface area contributed by atoms with Gasteiger partial charge >= 0.3 is 18.0 Å². The van der Waals surface area contributed by atoms with E-state index in [1.54, 1.807) is 25.3 Å². The third kappa shape index (κ3) is 5.25. The number of carbonyl (C=O) groups is 3. The molecule has 12 nitrogen and oxygen atoms in total. The van der Waals surface area contributed by atoms with Gasteiger partial charge in [0.05, 0.1) is 12.7 Å². The maximum absolute atomic E-state index is 13.5. The lowest BCUT2D eigenvalue weighted by molar-refractivity contribution is -0.172. The number of alkyl carbamates (subject to hydrolysis) is 1. The highest BCUT2D eigenvalue weighted by Crippen LogP contribution is 2.66. The van der Waals surface area contributed by atoms with Gasteiger partial charge in [0.2, 0.25) is 0 Å². The zero-order valence-corrected chi connectivity index (χ0v) is 26.0. The van der Waals surface area contributed by atoms with Crippen molar-refractivity contribution in [3.8, 4) is 0 Å². The van der Waals surface area contributed by atoms with Crippen molar-refractivity contribution in [2.75, 3.05) is 20.3 Å². The molecular formula is C32H44N2O10. The number of methoxy groups -OCH3 is 1. The molecule has 3 heterocycles. The van der Waals surface area contributed by atoms with E-state index < -0.39 is 83.4 Å². The van der Waals surface area contributed by atoms with Crippen LogP contribution in [0.4, 0.5) is 4.79 Å². The number of cyclic esters (lactones) is 1. The number of hydrogen-bond donors (Lipinski definition) is 4. The summed E-state index contributed by atoms with van der Waals surface area (Å²) in [6.07, 6.45) is 2.22. The number of nitrogens with one attached hydrogen (secondary N) is 2. The maximum Gasteiger partial charge on any atom is 0.407 e. The summed E-state index contributed by atoms with van der Waals surface area (Å²) in [5.74, 6) is -2.81. The van der Waals surface area contributed by atoms with E-state index >= 15 is 0 Å². The first kappa shape index (κ1) is 32.2. The highest BCUT2D eigenvalue weighted by Gasteiger charge is 2.73. The van der Waals surface area contributed by atoms with Gasteiger partial charge in [-0.2, -0.15) is 0 Å². The Morgan fingerprint density at radius 2 is 2.05 bits per heavy atom. The Labute approximate surface area is 257 Å². The smallest absolute Gasteiger partial charge is 0.407 e. The zero-order chi connectivity index (χ0) is 32.0. The van der Waals surface area contributed by atoms with E-state index in [0.717, 1.165) is 5.57 Å². The number of aromatic nitrogens is 1. The van der Waals surface area contributed by atoms with E-state index in [0.29, 0.717) is 5.69 Å². The zero-order valence-electron chi connectivity index (χ0n) is 26.0. The summed E-state index contributed by atoms with van der Waals surface area (Å²) in [6, 6.07) is 3.35. The minimum Gasteiger partial charge on any atom is -0.456 e. The number of esters is 2.